The Balaban J connectivity index is 1.93. The molecule has 0 atom stereocenters. The van der Waals surface area contributed by atoms with Gasteiger partial charge in [0.25, 0.3) is 0 Å². The lowest BCUT2D eigenvalue weighted by atomic mass is 10.2. The van der Waals surface area contributed by atoms with Gasteiger partial charge in [-0.15, -0.1) is 11.3 Å². The average molecular weight is 328 g/mol. The summed E-state index contributed by atoms with van der Waals surface area (Å²) in [4.78, 5) is 12.2. The molecule has 0 aliphatic carbocycles. The van der Waals surface area contributed by atoms with Gasteiger partial charge in [0.2, 0.25) is 0 Å². The average Bonchev–Trinajstić information content (AvgIpc) is 2.93. The number of Topliss-reactive ketones (excluding diaryl/α,β-unsaturated/α-hetero) is 1. The summed E-state index contributed by atoms with van der Waals surface area (Å²) in [6.07, 6.45) is 1.75. The smallest absolute Gasteiger partial charge is 0.184 e. The van der Waals surface area contributed by atoms with Crippen LogP contribution in [-0.2, 0) is 6.54 Å². The zero-order valence-electron chi connectivity index (χ0n) is 10.1. The van der Waals surface area contributed by atoms with Crippen LogP contribution in [0.3, 0.4) is 0 Å². The number of nitrogens with zero attached hydrogens (tertiary/aromatic N) is 1. The Labute approximate surface area is 128 Å². The van der Waals surface area contributed by atoms with Gasteiger partial charge in [0.05, 0.1) is 16.4 Å². The first kappa shape index (κ1) is 13.6. The molecule has 0 spiro atoms. The van der Waals surface area contributed by atoms with Gasteiger partial charge in [0, 0.05) is 17.1 Å². The molecule has 2 nitrogen and oxygen atoms in total. The fraction of sp³-hybridized carbons (Fsp3) is 0.0714. The molecule has 0 amide bonds. The van der Waals surface area contributed by atoms with E-state index in [9.17, 15) is 9.18 Å². The third kappa shape index (κ3) is 2.46. The Morgan fingerprint density at radius 3 is 2.75 bits per heavy atom. The van der Waals surface area contributed by atoms with Gasteiger partial charge < -0.3 is 4.57 Å². The Morgan fingerprint density at radius 1 is 1.25 bits per heavy atom. The molecule has 0 fully saturated rings. The molecule has 3 rings (SSSR count). The molecule has 2 aromatic heterocycles. The fourth-order valence-electron chi connectivity index (χ4n) is 2.08. The van der Waals surface area contributed by atoms with Crippen molar-refractivity contribution < 1.29 is 9.18 Å². The maximum atomic E-state index is 13.1. The minimum Gasteiger partial charge on any atom is -0.340 e. The van der Waals surface area contributed by atoms with E-state index in [4.69, 9.17) is 23.2 Å². The maximum absolute atomic E-state index is 13.1. The molecule has 2 heterocycles. The van der Waals surface area contributed by atoms with Crippen LogP contribution in [0.1, 0.15) is 10.4 Å². The van der Waals surface area contributed by atoms with E-state index < -0.39 is 0 Å². The van der Waals surface area contributed by atoms with Gasteiger partial charge in [-0.1, -0.05) is 23.2 Å². The Hall–Kier alpha value is -1.36. The monoisotopic (exact) mass is 327 g/mol. The SMILES string of the molecule is O=C(Cn1ccc2cc(F)ccc21)c1cc(Cl)sc1Cl. The van der Waals surface area contributed by atoms with Crippen LogP contribution in [0.5, 0.6) is 0 Å². The van der Waals surface area contributed by atoms with Crippen LogP contribution in [-0.4, -0.2) is 10.4 Å². The zero-order valence-corrected chi connectivity index (χ0v) is 12.4. The summed E-state index contributed by atoms with van der Waals surface area (Å²) in [7, 11) is 0. The number of rotatable bonds is 3. The van der Waals surface area contributed by atoms with Crippen molar-refractivity contribution in [1.29, 1.82) is 0 Å². The number of halogens is 3. The lowest BCUT2D eigenvalue weighted by Gasteiger charge is -2.04. The standard InChI is InChI=1S/C14H8Cl2FNOS/c15-13-6-10(14(16)20-13)12(19)7-18-4-3-8-5-9(17)1-2-11(8)18/h1-6H,7H2. The third-order valence-electron chi connectivity index (χ3n) is 3.00. The van der Waals surface area contributed by atoms with Gasteiger partial charge in [0.1, 0.15) is 10.2 Å². The molecule has 0 N–H and O–H groups in total. The molecule has 1 aromatic carbocycles. The number of ketones is 1. The van der Waals surface area contributed by atoms with Crippen molar-refractivity contribution in [3.8, 4) is 0 Å². The van der Waals surface area contributed by atoms with Gasteiger partial charge in [-0.05, 0) is 30.3 Å². The molecule has 0 aliphatic rings. The van der Waals surface area contributed by atoms with E-state index in [0.29, 0.717) is 14.2 Å². The Morgan fingerprint density at radius 2 is 2.05 bits per heavy atom. The van der Waals surface area contributed by atoms with Crippen LogP contribution in [0.15, 0.2) is 36.5 Å². The van der Waals surface area contributed by atoms with Crippen LogP contribution in [0.2, 0.25) is 8.67 Å². The quantitative estimate of drug-likeness (QED) is 0.618. The highest BCUT2D eigenvalue weighted by Crippen LogP contribution is 2.31. The summed E-state index contributed by atoms with van der Waals surface area (Å²) >= 11 is 13.0. The van der Waals surface area contributed by atoms with Gasteiger partial charge in [-0.2, -0.15) is 0 Å². The number of aromatic nitrogens is 1. The summed E-state index contributed by atoms with van der Waals surface area (Å²) in [5.74, 6) is -0.422. The Bertz CT molecular complexity index is 809. The molecule has 6 heteroatoms. The van der Waals surface area contributed by atoms with Crippen molar-refractivity contribution in [2.24, 2.45) is 0 Å². The van der Waals surface area contributed by atoms with Gasteiger partial charge in [-0.25, -0.2) is 4.39 Å². The molecule has 20 heavy (non-hydrogen) atoms. The number of fused-ring (bicyclic) bond motifs is 1. The molecule has 102 valence electrons. The van der Waals surface area contributed by atoms with Gasteiger partial charge in [-0.3, -0.25) is 4.79 Å². The molecule has 3 aromatic rings. The van der Waals surface area contributed by atoms with Crippen LogP contribution in [0, 0.1) is 5.82 Å². The zero-order chi connectivity index (χ0) is 14.3. The third-order valence-corrected chi connectivity index (χ3v) is 4.49. The molecule has 0 saturated heterocycles. The van der Waals surface area contributed by atoms with Crippen LogP contribution < -0.4 is 0 Å². The molecule has 0 bridgehead atoms. The number of carbonyl (C=O) groups excluding carboxylic acids is 1. The first-order chi connectivity index (χ1) is 9.54. The predicted molar refractivity (Wildman–Crippen MR) is 80.6 cm³/mol. The second-order valence-corrected chi connectivity index (χ2v) is 6.59. The lowest BCUT2D eigenvalue weighted by Crippen LogP contribution is -2.09. The summed E-state index contributed by atoms with van der Waals surface area (Å²) in [6, 6.07) is 7.80. The normalized spacial score (nSPS) is 11.2. The summed E-state index contributed by atoms with van der Waals surface area (Å²) in [5, 5.41) is 0.757. The van der Waals surface area contributed by atoms with Crippen molar-refractivity contribution in [2.75, 3.05) is 0 Å². The van der Waals surface area contributed by atoms with Crippen molar-refractivity contribution in [1.82, 2.24) is 4.57 Å². The summed E-state index contributed by atoms with van der Waals surface area (Å²) < 4.78 is 15.8. The van der Waals surface area contributed by atoms with Gasteiger partial charge >= 0.3 is 0 Å². The van der Waals surface area contributed by atoms with Crippen LogP contribution in [0.25, 0.3) is 10.9 Å². The number of thiophene rings is 1. The Kier molecular flexibility index (Phi) is 3.54. The molecular formula is C14H8Cl2FNOS. The first-order valence-electron chi connectivity index (χ1n) is 5.77. The van der Waals surface area contributed by atoms with E-state index >= 15 is 0 Å². The second kappa shape index (κ2) is 5.20. The number of hydrogen-bond donors (Lipinski definition) is 0. The lowest BCUT2D eigenvalue weighted by molar-refractivity contribution is 0.0974. The highest BCUT2D eigenvalue weighted by molar-refractivity contribution is 7.20. The van der Waals surface area contributed by atoms with Crippen LogP contribution in [0.4, 0.5) is 4.39 Å². The minimum atomic E-state index is -0.297. The topological polar surface area (TPSA) is 22.0 Å². The van der Waals surface area contributed by atoms with Crippen molar-refractivity contribution in [3.05, 3.63) is 56.6 Å². The molecule has 0 unspecified atom stereocenters. The largest absolute Gasteiger partial charge is 0.340 e. The number of benzene rings is 1. The molecular weight excluding hydrogens is 320 g/mol. The minimum absolute atomic E-state index is 0.125. The van der Waals surface area contributed by atoms with Gasteiger partial charge in [0.15, 0.2) is 5.78 Å². The molecule has 0 radical (unpaired) electrons. The highest BCUT2D eigenvalue weighted by Gasteiger charge is 2.15. The maximum Gasteiger partial charge on any atom is 0.184 e. The number of carbonyl (C=O) groups is 1. The first-order valence-corrected chi connectivity index (χ1v) is 7.34. The molecule has 0 aliphatic heterocycles. The number of hydrogen-bond acceptors (Lipinski definition) is 2. The summed E-state index contributed by atoms with van der Waals surface area (Å²) in [5.41, 5.74) is 1.22. The summed E-state index contributed by atoms with van der Waals surface area (Å²) in [6.45, 7) is 0.141. The fourth-order valence-corrected chi connectivity index (χ4v) is 3.58. The van der Waals surface area contributed by atoms with E-state index in [2.05, 4.69) is 0 Å². The van der Waals surface area contributed by atoms with Crippen molar-refractivity contribution in [3.63, 3.8) is 0 Å². The van der Waals surface area contributed by atoms with E-state index in [-0.39, 0.29) is 18.1 Å². The molecule has 0 saturated carbocycles. The van der Waals surface area contributed by atoms with E-state index in [1.165, 1.54) is 23.5 Å². The van der Waals surface area contributed by atoms with Crippen LogP contribution >= 0.6 is 34.5 Å². The van der Waals surface area contributed by atoms with E-state index in [1.807, 2.05) is 0 Å². The second-order valence-electron chi connectivity index (χ2n) is 4.31. The highest BCUT2D eigenvalue weighted by atomic mass is 35.5. The van der Waals surface area contributed by atoms with Crippen molar-refractivity contribution in [2.45, 2.75) is 6.54 Å². The predicted octanol–water partition coefficient (Wildman–Crippen LogP) is 5.03. The van der Waals surface area contributed by atoms with E-state index in [1.54, 1.807) is 29.0 Å². The van der Waals surface area contributed by atoms with E-state index in [0.717, 1.165) is 10.9 Å². The van der Waals surface area contributed by atoms with Crippen molar-refractivity contribution >= 4 is 51.2 Å².